The van der Waals surface area contributed by atoms with Crippen molar-refractivity contribution in [2.24, 2.45) is 11.8 Å². The van der Waals surface area contributed by atoms with Crippen molar-refractivity contribution in [2.45, 2.75) is 38.7 Å². The molecule has 0 radical (unpaired) electrons. The minimum atomic E-state index is -1.51. The molecular formula is C19H24O6. The van der Waals surface area contributed by atoms with Gasteiger partial charge in [0.1, 0.15) is 17.3 Å². The van der Waals surface area contributed by atoms with Gasteiger partial charge in [-0.05, 0) is 38.5 Å². The van der Waals surface area contributed by atoms with Crippen molar-refractivity contribution in [3.8, 4) is 11.5 Å². The number of hydrogen-bond acceptors (Lipinski definition) is 6. The van der Waals surface area contributed by atoms with E-state index in [1.165, 1.54) is 35.0 Å². The fraction of sp³-hybridized carbons (Fsp3) is 0.526. The van der Waals surface area contributed by atoms with Crippen LogP contribution in [-0.2, 0) is 14.4 Å². The molecule has 0 saturated heterocycles. The van der Waals surface area contributed by atoms with E-state index < -0.39 is 23.4 Å². The van der Waals surface area contributed by atoms with Gasteiger partial charge in [-0.15, -0.1) is 0 Å². The molecule has 136 valence electrons. The summed E-state index contributed by atoms with van der Waals surface area (Å²) in [5.41, 5.74) is -0.918. The molecule has 0 aromatic heterocycles. The van der Waals surface area contributed by atoms with Crippen molar-refractivity contribution < 1.29 is 29.0 Å². The maximum absolute atomic E-state index is 12.5. The second kappa shape index (κ2) is 6.96. The third kappa shape index (κ3) is 3.44. The predicted octanol–water partition coefficient (Wildman–Crippen LogP) is 1.92. The van der Waals surface area contributed by atoms with Gasteiger partial charge in [0.15, 0.2) is 11.5 Å². The number of Topliss-reactive ketones (excluding diaryl/α,β-unsaturated/α-hetero) is 3. The summed E-state index contributed by atoms with van der Waals surface area (Å²) in [6.45, 7) is 4.19. The van der Waals surface area contributed by atoms with Crippen LogP contribution in [0.2, 0.25) is 0 Å². The van der Waals surface area contributed by atoms with E-state index in [4.69, 9.17) is 9.47 Å². The maximum Gasteiger partial charge on any atom is 0.160 e. The van der Waals surface area contributed by atoms with E-state index in [-0.39, 0.29) is 23.8 Å². The largest absolute Gasteiger partial charge is 0.493 e. The molecule has 4 atom stereocenters. The molecule has 1 aromatic carbocycles. The van der Waals surface area contributed by atoms with Crippen molar-refractivity contribution in [1.82, 2.24) is 0 Å². The van der Waals surface area contributed by atoms with Crippen LogP contribution in [-0.4, -0.2) is 42.3 Å². The van der Waals surface area contributed by atoms with Crippen molar-refractivity contribution in [3.63, 3.8) is 0 Å². The summed E-state index contributed by atoms with van der Waals surface area (Å²) in [5, 5.41) is 10.7. The van der Waals surface area contributed by atoms with Crippen molar-refractivity contribution >= 4 is 17.3 Å². The lowest BCUT2D eigenvalue weighted by Gasteiger charge is -2.44. The number of rotatable bonds is 5. The highest BCUT2D eigenvalue weighted by atomic mass is 16.5. The van der Waals surface area contributed by atoms with E-state index in [1.807, 2.05) is 0 Å². The Bertz CT molecular complexity index is 706. The fourth-order valence-electron chi connectivity index (χ4n) is 3.97. The van der Waals surface area contributed by atoms with Crippen LogP contribution in [0.3, 0.4) is 0 Å². The first-order chi connectivity index (χ1) is 11.6. The molecule has 6 nitrogen and oxygen atoms in total. The monoisotopic (exact) mass is 348 g/mol. The normalized spacial score (nSPS) is 29.2. The number of aliphatic hydroxyl groups is 1. The maximum atomic E-state index is 12.5. The van der Waals surface area contributed by atoms with Gasteiger partial charge in [0.05, 0.1) is 31.7 Å². The standard InChI is InChI=1S/C19H24O6/c1-10(20)16-13(22)9-19(3,23)18(11(2)21)17(16)12-6-7-14(24-4)15(8-12)25-5/h6-8,16-18,23H,9H2,1-5H3/t16-,17-,18-,19-/m1/s1. The smallest absolute Gasteiger partial charge is 0.160 e. The van der Waals surface area contributed by atoms with Gasteiger partial charge in [-0.25, -0.2) is 0 Å². The highest BCUT2D eigenvalue weighted by molar-refractivity contribution is 6.05. The minimum absolute atomic E-state index is 0.217. The van der Waals surface area contributed by atoms with E-state index in [9.17, 15) is 19.5 Å². The summed E-state index contributed by atoms with van der Waals surface area (Å²) in [6, 6.07) is 5.02. The number of hydrogen-bond donors (Lipinski definition) is 1. The zero-order valence-electron chi connectivity index (χ0n) is 15.2. The van der Waals surface area contributed by atoms with Crippen LogP contribution in [0.5, 0.6) is 11.5 Å². The van der Waals surface area contributed by atoms with Crippen LogP contribution in [0.15, 0.2) is 18.2 Å². The Kier molecular flexibility index (Phi) is 5.32. The van der Waals surface area contributed by atoms with E-state index >= 15 is 0 Å². The molecule has 1 aliphatic carbocycles. The topological polar surface area (TPSA) is 89.9 Å². The van der Waals surface area contributed by atoms with Crippen LogP contribution in [0, 0.1) is 11.8 Å². The number of benzene rings is 1. The van der Waals surface area contributed by atoms with Gasteiger partial charge in [-0.1, -0.05) is 6.07 Å². The van der Waals surface area contributed by atoms with Gasteiger partial charge < -0.3 is 14.6 Å². The number of carbonyl (C=O) groups is 3. The fourth-order valence-corrected chi connectivity index (χ4v) is 3.97. The lowest BCUT2D eigenvalue weighted by atomic mass is 9.60. The zero-order chi connectivity index (χ0) is 18.9. The van der Waals surface area contributed by atoms with Crippen LogP contribution >= 0.6 is 0 Å². The zero-order valence-corrected chi connectivity index (χ0v) is 15.2. The molecule has 25 heavy (non-hydrogen) atoms. The molecule has 2 rings (SSSR count). The lowest BCUT2D eigenvalue weighted by Crippen LogP contribution is -2.53. The number of ketones is 3. The molecule has 1 aromatic rings. The van der Waals surface area contributed by atoms with Crippen molar-refractivity contribution in [1.29, 1.82) is 0 Å². The summed E-state index contributed by atoms with van der Waals surface area (Å²) < 4.78 is 10.5. The summed E-state index contributed by atoms with van der Waals surface area (Å²) in [4.78, 5) is 37.0. The average molecular weight is 348 g/mol. The van der Waals surface area contributed by atoms with E-state index in [1.54, 1.807) is 18.2 Å². The molecule has 0 heterocycles. The Labute approximate surface area is 147 Å². The predicted molar refractivity (Wildman–Crippen MR) is 90.9 cm³/mol. The Hall–Kier alpha value is -2.21. The van der Waals surface area contributed by atoms with Crippen LogP contribution in [0.4, 0.5) is 0 Å². The molecular weight excluding hydrogens is 324 g/mol. The van der Waals surface area contributed by atoms with E-state index in [0.29, 0.717) is 17.1 Å². The lowest BCUT2D eigenvalue weighted by molar-refractivity contribution is -0.151. The van der Waals surface area contributed by atoms with Gasteiger partial charge in [-0.2, -0.15) is 0 Å². The number of methoxy groups -OCH3 is 2. The number of ether oxygens (including phenoxy) is 2. The number of carbonyl (C=O) groups excluding carboxylic acids is 3. The molecule has 0 unspecified atom stereocenters. The molecule has 0 aliphatic heterocycles. The van der Waals surface area contributed by atoms with E-state index in [0.717, 1.165) is 0 Å². The molecule has 0 spiro atoms. The van der Waals surface area contributed by atoms with Crippen LogP contribution in [0.25, 0.3) is 0 Å². The first kappa shape index (κ1) is 19.1. The molecule has 1 fully saturated rings. The molecule has 1 N–H and O–H groups in total. The second-order valence-corrected chi connectivity index (χ2v) is 6.82. The summed E-state index contributed by atoms with van der Waals surface area (Å²) in [5.74, 6) is -2.57. The molecule has 1 aliphatic rings. The second-order valence-electron chi connectivity index (χ2n) is 6.82. The van der Waals surface area contributed by atoms with Gasteiger partial charge in [-0.3, -0.25) is 14.4 Å². The van der Waals surface area contributed by atoms with Gasteiger partial charge >= 0.3 is 0 Å². The molecule has 0 amide bonds. The Morgan fingerprint density at radius 2 is 1.72 bits per heavy atom. The van der Waals surface area contributed by atoms with Crippen molar-refractivity contribution in [3.05, 3.63) is 23.8 Å². The molecule has 1 saturated carbocycles. The van der Waals surface area contributed by atoms with E-state index in [2.05, 4.69) is 0 Å². The van der Waals surface area contributed by atoms with Crippen LogP contribution in [0.1, 0.15) is 38.7 Å². The third-order valence-corrected chi connectivity index (χ3v) is 4.94. The molecule has 6 heteroatoms. The van der Waals surface area contributed by atoms with Gasteiger partial charge in [0.2, 0.25) is 0 Å². The van der Waals surface area contributed by atoms with Crippen LogP contribution < -0.4 is 9.47 Å². The first-order valence-electron chi connectivity index (χ1n) is 8.12. The van der Waals surface area contributed by atoms with Gasteiger partial charge in [0, 0.05) is 12.3 Å². The van der Waals surface area contributed by atoms with Gasteiger partial charge in [0.25, 0.3) is 0 Å². The highest BCUT2D eigenvalue weighted by Gasteiger charge is 2.53. The van der Waals surface area contributed by atoms with Crippen molar-refractivity contribution in [2.75, 3.05) is 14.2 Å². The Morgan fingerprint density at radius 1 is 1.12 bits per heavy atom. The third-order valence-electron chi connectivity index (χ3n) is 4.94. The summed E-state index contributed by atoms with van der Waals surface area (Å²) in [7, 11) is 2.98. The first-order valence-corrected chi connectivity index (χ1v) is 8.12. The average Bonchev–Trinajstić information content (AvgIpc) is 2.51. The summed E-state index contributed by atoms with van der Waals surface area (Å²) in [6.07, 6.45) is -0.217. The minimum Gasteiger partial charge on any atom is -0.493 e. The SMILES string of the molecule is COc1ccc([C@@H]2[C@H](C(C)=O)C(=O)C[C@@](C)(O)[C@@H]2C(C)=O)cc1OC. The molecule has 0 bridgehead atoms. The Balaban J connectivity index is 2.66. The quantitative estimate of drug-likeness (QED) is 0.818. The Morgan fingerprint density at radius 3 is 2.20 bits per heavy atom. The highest BCUT2D eigenvalue weighted by Crippen LogP contribution is 2.47. The summed E-state index contributed by atoms with van der Waals surface area (Å²) >= 11 is 0.